The Kier molecular flexibility index (Phi) is 6.04. The Bertz CT molecular complexity index is 754. The predicted molar refractivity (Wildman–Crippen MR) is 96.0 cm³/mol. The zero-order valence-corrected chi connectivity index (χ0v) is 14.7. The Balaban J connectivity index is 1.72. The van der Waals surface area contributed by atoms with Crippen molar-refractivity contribution < 1.29 is 19.2 Å². The van der Waals surface area contributed by atoms with Crippen LogP contribution in [0.4, 0.5) is 0 Å². The molecule has 138 valence electrons. The molecule has 6 heteroatoms. The summed E-state index contributed by atoms with van der Waals surface area (Å²) in [7, 11) is 0. The third-order valence-electron chi connectivity index (χ3n) is 4.78. The summed E-state index contributed by atoms with van der Waals surface area (Å²) < 4.78 is 5.38. The molecule has 3 rings (SSSR count). The van der Waals surface area contributed by atoms with E-state index in [-0.39, 0.29) is 18.4 Å². The summed E-state index contributed by atoms with van der Waals surface area (Å²) in [6.07, 6.45) is 5.80. The van der Waals surface area contributed by atoms with Gasteiger partial charge in [0, 0.05) is 24.4 Å². The van der Waals surface area contributed by atoms with Gasteiger partial charge in [0.1, 0.15) is 5.76 Å². The fourth-order valence-corrected chi connectivity index (χ4v) is 3.42. The highest BCUT2D eigenvalue weighted by molar-refractivity contribution is 5.94. The van der Waals surface area contributed by atoms with Gasteiger partial charge in [0.2, 0.25) is 0 Å². The molecule has 0 aliphatic heterocycles. The number of aryl methyl sites for hydroxylation is 1. The summed E-state index contributed by atoms with van der Waals surface area (Å²) in [5, 5.41) is 16.0. The number of carboxylic acids is 1. The zero-order valence-electron chi connectivity index (χ0n) is 14.7. The number of nitrogens with zero attached hydrogens (tertiary/aromatic N) is 1. The van der Waals surface area contributed by atoms with E-state index in [2.05, 4.69) is 10.5 Å². The minimum Gasteiger partial charge on any atom is -0.481 e. The summed E-state index contributed by atoms with van der Waals surface area (Å²) >= 11 is 0. The molecule has 0 bridgehead atoms. The first-order valence-electron chi connectivity index (χ1n) is 9.17. The van der Waals surface area contributed by atoms with Crippen molar-refractivity contribution >= 4 is 11.9 Å². The maximum atomic E-state index is 12.8. The lowest BCUT2D eigenvalue weighted by Gasteiger charge is -2.18. The van der Waals surface area contributed by atoms with Gasteiger partial charge in [-0.2, -0.15) is 0 Å². The van der Waals surface area contributed by atoms with Crippen LogP contribution < -0.4 is 5.32 Å². The van der Waals surface area contributed by atoms with E-state index in [1.165, 1.54) is 0 Å². The third-order valence-corrected chi connectivity index (χ3v) is 4.78. The SMILES string of the molecule is O=C(O)CCC(Cc1ccccc1)NC(=O)c1noc2c1CCCCC2. The number of nitrogens with one attached hydrogen (secondary N) is 1. The first-order valence-corrected chi connectivity index (χ1v) is 9.17. The van der Waals surface area contributed by atoms with Crippen molar-refractivity contribution in [1.29, 1.82) is 0 Å². The normalized spacial score (nSPS) is 14.9. The van der Waals surface area contributed by atoms with Crippen LogP contribution in [0.25, 0.3) is 0 Å². The number of carbonyl (C=O) groups is 2. The fraction of sp³-hybridized carbons (Fsp3) is 0.450. The second kappa shape index (κ2) is 8.65. The van der Waals surface area contributed by atoms with Crippen LogP contribution >= 0.6 is 0 Å². The molecule has 0 spiro atoms. The van der Waals surface area contributed by atoms with Crippen molar-refractivity contribution in [1.82, 2.24) is 10.5 Å². The zero-order chi connectivity index (χ0) is 18.4. The van der Waals surface area contributed by atoms with Crippen LogP contribution in [0.1, 0.15) is 59.5 Å². The fourth-order valence-electron chi connectivity index (χ4n) is 3.42. The minimum atomic E-state index is -0.868. The summed E-state index contributed by atoms with van der Waals surface area (Å²) in [6.45, 7) is 0. The van der Waals surface area contributed by atoms with E-state index < -0.39 is 5.97 Å². The van der Waals surface area contributed by atoms with E-state index >= 15 is 0 Å². The molecule has 1 atom stereocenters. The van der Waals surface area contributed by atoms with Crippen molar-refractivity contribution in [3.63, 3.8) is 0 Å². The largest absolute Gasteiger partial charge is 0.481 e. The molecule has 2 N–H and O–H groups in total. The molecule has 1 heterocycles. The Hall–Kier alpha value is -2.63. The van der Waals surface area contributed by atoms with E-state index in [0.29, 0.717) is 18.5 Å². The summed E-state index contributed by atoms with van der Waals surface area (Å²) in [5.41, 5.74) is 2.33. The Morgan fingerprint density at radius 1 is 1.15 bits per heavy atom. The van der Waals surface area contributed by atoms with E-state index in [4.69, 9.17) is 9.63 Å². The maximum absolute atomic E-state index is 12.8. The van der Waals surface area contributed by atoms with E-state index in [1.807, 2.05) is 30.3 Å². The van der Waals surface area contributed by atoms with E-state index in [0.717, 1.165) is 49.0 Å². The minimum absolute atomic E-state index is 0.00863. The van der Waals surface area contributed by atoms with Crippen molar-refractivity contribution in [2.24, 2.45) is 0 Å². The summed E-state index contributed by atoms with van der Waals surface area (Å²) in [6, 6.07) is 9.48. The molecule has 1 aromatic carbocycles. The van der Waals surface area contributed by atoms with Crippen LogP contribution in [0.15, 0.2) is 34.9 Å². The number of carboxylic acid groups (broad SMARTS) is 1. The number of rotatable bonds is 7. The molecule has 1 amide bonds. The van der Waals surface area contributed by atoms with Crippen LogP contribution in [0, 0.1) is 0 Å². The molecule has 1 unspecified atom stereocenters. The van der Waals surface area contributed by atoms with E-state index in [9.17, 15) is 9.59 Å². The van der Waals surface area contributed by atoms with Crippen molar-refractivity contribution in [3.05, 3.63) is 52.9 Å². The molecule has 0 saturated heterocycles. The molecule has 26 heavy (non-hydrogen) atoms. The standard InChI is InChI=1S/C20H24N2O4/c23-18(24)12-11-15(13-14-7-3-1-4-8-14)21-20(25)19-16-9-5-2-6-10-17(16)26-22-19/h1,3-4,7-8,15H,2,5-6,9-13H2,(H,21,25)(H,23,24). The lowest BCUT2D eigenvalue weighted by molar-refractivity contribution is -0.137. The molecular formula is C20H24N2O4. The number of hydrogen-bond acceptors (Lipinski definition) is 4. The van der Waals surface area contributed by atoms with Crippen LogP contribution in [0.3, 0.4) is 0 Å². The van der Waals surface area contributed by atoms with E-state index in [1.54, 1.807) is 0 Å². The molecule has 6 nitrogen and oxygen atoms in total. The molecule has 0 saturated carbocycles. The quantitative estimate of drug-likeness (QED) is 0.744. The number of aliphatic carboxylic acids is 1. The highest BCUT2D eigenvalue weighted by atomic mass is 16.5. The Morgan fingerprint density at radius 3 is 2.69 bits per heavy atom. The number of amides is 1. The number of fused-ring (bicyclic) bond motifs is 1. The average Bonchev–Trinajstić information content (AvgIpc) is 2.89. The van der Waals surface area contributed by atoms with Crippen molar-refractivity contribution in [2.45, 2.75) is 57.4 Å². The average molecular weight is 356 g/mol. The van der Waals surface area contributed by atoms with Gasteiger partial charge in [-0.1, -0.05) is 41.9 Å². The second-order valence-electron chi connectivity index (χ2n) is 6.79. The molecule has 1 aliphatic carbocycles. The maximum Gasteiger partial charge on any atom is 0.303 e. The number of hydrogen-bond donors (Lipinski definition) is 2. The number of carbonyl (C=O) groups excluding carboxylic acids is 1. The van der Waals surface area contributed by atoms with Gasteiger partial charge in [0.25, 0.3) is 5.91 Å². The lowest BCUT2D eigenvalue weighted by Crippen LogP contribution is -2.37. The van der Waals surface area contributed by atoms with Crippen LogP contribution in [0.2, 0.25) is 0 Å². The third kappa shape index (κ3) is 4.71. The number of aromatic nitrogens is 1. The van der Waals surface area contributed by atoms with Gasteiger partial charge in [0.15, 0.2) is 5.69 Å². The van der Waals surface area contributed by atoms with Gasteiger partial charge in [-0.15, -0.1) is 0 Å². The first-order chi connectivity index (χ1) is 12.6. The van der Waals surface area contributed by atoms with Gasteiger partial charge >= 0.3 is 5.97 Å². The molecule has 2 aromatic rings. The molecular weight excluding hydrogens is 332 g/mol. The summed E-state index contributed by atoms with van der Waals surface area (Å²) in [4.78, 5) is 23.7. The smallest absolute Gasteiger partial charge is 0.303 e. The lowest BCUT2D eigenvalue weighted by atomic mass is 10.0. The molecule has 0 radical (unpaired) electrons. The molecule has 1 aliphatic rings. The Morgan fingerprint density at radius 2 is 1.92 bits per heavy atom. The highest BCUT2D eigenvalue weighted by Crippen LogP contribution is 2.23. The summed E-state index contributed by atoms with van der Waals surface area (Å²) in [5.74, 6) is -0.325. The Labute approximate surface area is 152 Å². The van der Waals surface area contributed by atoms with Gasteiger partial charge in [-0.05, 0) is 37.7 Å². The van der Waals surface area contributed by atoms with Gasteiger partial charge in [-0.25, -0.2) is 0 Å². The van der Waals surface area contributed by atoms with Gasteiger partial charge < -0.3 is 14.9 Å². The highest BCUT2D eigenvalue weighted by Gasteiger charge is 2.25. The molecule has 0 fully saturated rings. The van der Waals surface area contributed by atoms with Gasteiger partial charge in [-0.3, -0.25) is 9.59 Å². The van der Waals surface area contributed by atoms with Crippen LogP contribution in [-0.4, -0.2) is 28.2 Å². The van der Waals surface area contributed by atoms with Crippen LogP contribution in [-0.2, 0) is 24.1 Å². The molecule has 1 aromatic heterocycles. The predicted octanol–water partition coefficient (Wildman–Crippen LogP) is 3.15. The topological polar surface area (TPSA) is 92.4 Å². The number of benzene rings is 1. The van der Waals surface area contributed by atoms with Gasteiger partial charge in [0.05, 0.1) is 0 Å². The monoisotopic (exact) mass is 356 g/mol. The first kappa shape index (κ1) is 18.2. The van der Waals surface area contributed by atoms with Crippen LogP contribution in [0.5, 0.6) is 0 Å². The second-order valence-corrected chi connectivity index (χ2v) is 6.79. The van der Waals surface area contributed by atoms with Crippen molar-refractivity contribution in [2.75, 3.05) is 0 Å². The van der Waals surface area contributed by atoms with Crippen molar-refractivity contribution in [3.8, 4) is 0 Å².